The van der Waals surface area contributed by atoms with Gasteiger partial charge in [0.1, 0.15) is 0 Å². The third-order valence-corrected chi connectivity index (χ3v) is 5.12. The Morgan fingerprint density at radius 2 is 2.16 bits per heavy atom. The van der Waals surface area contributed by atoms with Gasteiger partial charge in [0, 0.05) is 34.4 Å². The van der Waals surface area contributed by atoms with Crippen LogP contribution >= 0.6 is 27.7 Å². The minimum atomic E-state index is 0.129. The SMILES string of the molecule is CSC1CN(C(=O)c2cccc(Br)c2)CC1N(C)C. The molecule has 3 nitrogen and oxygen atoms in total. The molecule has 1 saturated heterocycles. The highest BCUT2D eigenvalue weighted by Gasteiger charge is 2.36. The average molecular weight is 343 g/mol. The smallest absolute Gasteiger partial charge is 0.253 e. The first-order chi connectivity index (χ1) is 9.02. The van der Waals surface area contributed by atoms with Crippen LogP contribution in [-0.2, 0) is 0 Å². The fourth-order valence-corrected chi connectivity index (χ4v) is 3.83. The molecule has 1 aliphatic heterocycles. The molecule has 0 N–H and O–H groups in total. The fraction of sp³-hybridized carbons (Fsp3) is 0.500. The molecule has 1 heterocycles. The Morgan fingerprint density at radius 3 is 2.68 bits per heavy atom. The third-order valence-electron chi connectivity index (χ3n) is 3.56. The van der Waals surface area contributed by atoms with Gasteiger partial charge in [0.2, 0.25) is 0 Å². The zero-order valence-corrected chi connectivity index (χ0v) is 13.9. The van der Waals surface area contributed by atoms with Crippen molar-refractivity contribution in [2.24, 2.45) is 0 Å². The second kappa shape index (κ2) is 6.29. The number of hydrogen-bond donors (Lipinski definition) is 0. The van der Waals surface area contributed by atoms with Crippen molar-refractivity contribution in [1.82, 2.24) is 9.80 Å². The number of amides is 1. The van der Waals surface area contributed by atoms with Gasteiger partial charge in [-0.2, -0.15) is 11.8 Å². The second-order valence-corrected chi connectivity index (χ2v) is 7.02. The van der Waals surface area contributed by atoms with Gasteiger partial charge < -0.3 is 9.80 Å². The van der Waals surface area contributed by atoms with Gasteiger partial charge in [0.15, 0.2) is 0 Å². The first-order valence-electron chi connectivity index (χ1n) is 6.27. The molecule has 19 heavy (non-hydrogen) atoms. The first kappa shape index (κ1) is 14.9. The Bertz CT molecular complexity index is 467. The van der Waals surface area contributed by atoms with Crippen molar-refractivity contribution >= 4 is 33.6 Å². The lowest BCUT2D eigenvalue weighted by atomic mass is 10.2. The third kappa shape index (κ3) is 3.33. The molecule has 1 fully saturated rings. The minimum Gasteiger partial charge on any atom is -0.336 e. The summed E-state index contributed by atoms with van der Waals surface area (Å²) < 4.78 is 0.947. The van der Waals surface area contributed by atoms with Crippen LogP contribution in [0.1, 0.15) is 10.4 Å². The molecule has 0 aromatic heterocycles. The summed E-state index contributed by atoms with van der Waals surface area (Å²) in [5, 5.41) is 0.492. The molecular formula is C14H19BrN2OS. The van der Waals surface area contributed by atoms with Crippen molar-refractivity contribution in [3.8, 4) is 0 Å². The van der Waals surface area contributed by atoms with E-state index in [-0.39, 0.29) is 5.91 Å². The van der Waals surface area contributed by atoms with Crippen LogP contribution in [0.4, 0.5) is 0 Å². The maximum atomic E-state index is 12.5. The number of nitrogens with zero attached hydrogens (tertiary/aromatic N) is 2. The molecule has 1 aliphatic rings. The van der Waals surface area contributed by atoms with Crippen molar-refractivity contribution in [2.75, 3.05) is 33.4 Å². The van der Waals surface area contributed by atoms with Crippen LogP contribution in [0, 0.1) is 0 Å². The van der Waals surface area contributed by atoms with Crippen molar-refractivity contribution in [2.45, 2.75) is 11.3 Å². The Balaban J connectivity index is 2.13. The van der Waals surface area contributed by atoms with Crippen LogP contribution < -0.4 is 0 Å². The number of benzene rings is 1. The number of hydrogen-bond acceptors (Lipinski definition) is 3. The first-order valence-corrected chi connectivity index (χ1v) is 8.35. The van der Waals surface area contributed by atoms with E-state index in [4.69, 9.17) is 0 Å². The molecule has 0 spiro atoms. The highest BCUT2D eigenvalue weighted by molar-refractivity contribution is 9.10. The number of halogens is 1. The van der Waals surface area contributed by atoms with Crippen LogP contribution in [0.5, 0.6) is 0 Å². The molecule has 2 rings (SSSR count). The normalized spacial score (nSPS) is 23.1. The molecule has 1 amide bonds. The maximum Gasteiger partial charge on any atom is 0.253 e. The molecule has 1 aromatic rings. The number of thioether (sulfide) groups is 1. The summed E-state index contributed by atoms with van der Waals surface area (Å²) >= 11 is 5.26. The Labute approximate surface area is 127 Å². The van der Waals surface area contributed by atoms with E-state index in [0.717, 1.165) is 23.1 Å². The predicted molar refractivity (Wildman–Crippen MR) is 84.8 cm³/mol. The van der Waals surface area contributed by atoms with E-state index >= 15 is 0 Å². The summed E-state index contributed by atoms with van der Waals surface area (Å²) in [6.45, 7) is 1.64. The van der Waals surface area contributed by atoms with Crippen LogP contribution in [0.15, 0.2) is 28.7 Å². The lowest BCUT2D eigenvalue weighted by molar-refractivity contribution is 0.0783. The van der Waals surface area contributed by atoms with E-state index in [1.807, 2.05) is 40.9 Å². The van der Waals surface area contributed by atoms with Crippen molar-refractivity contribution < 1.29 is 4.79 Å². The van der Waals surface area contributed by atoms with Crippen molar-refractivity contribution in [3.63, 3.8) is 0 Å². The predicted octanol–water partition coefficient (Wildman–Crippen LogP) is 2.57. The molecule has 1 aromatic carbocycles. The quantitative estimate of drug-likeness (QED) is 0.843. The summed E-state index contributed by atoms with van der Waals surface area (Å²) in [6.07, 6.45) is 2.12. The zero-order valence-electron chi connectivity index (χ0n) is 11.5. The number of likely N-dealkylation sites (tertiary alicyclic amines) is 1. The Hall–Kier alpha value is -0.520. The van der Waals surface area contributed by atoms with Crippen molar-refractivity contribution in [3.05, 3.63) is 34.3 Å². The van der Waals surface area contributed by atoms with Gasteiger partial charge in [-0.05, 0) is 38.6 Å². The largest absolute Gasteiger partial charge is 0.336 e. The van der Waals surface area contributed by atoms with E-state index in [1.165, 1.54) is 0 Å². The molecule has 104 valence electrons. The van der Waals surface area contributed by atoms with E-state index in [9.17, 15) is 4.79 Å². The molecule has 0 radical (unpaired) electrons. The van der Waals surface area contributed by atoms with Gasteiger partial charge in [0.05, 0.1) is 0 Å². The number of rotatable bonds is 3. The van der Waals surface area contributed by atoms with Crippen LogP contribution in [-0.4, -0.2) is 60.4 Å². The van der Waals surface area contributed by atoms with Crippen LogP contribution in [0.2, 0.25) is 0 Å². The number of carbonyl (C=O) groups is 1. The summed E-state index contributed by atoms with van der Waals surface area (Å²) in [6, 6.07) is 8.05. The number of carbonyl (C=O) groups excluding carboxylic acids is 1. The van der Waals surface area contributed by atoms with Crippen LogP contribution in [0.3, 0.4) is 0 Å². The number of likely N-dealkylation sites (N-methyl/N-ethyl adjacent to an activating group) is 1. The van der Waals surface area contributed by atoms with Gasteiger partial charge in [-0.3, -0.25) is 4.79 Å². The summed E-state index contributed by atoms with van der Waals surface area (Å²) in [5.74, 6) is 0.129. The zero-order chi connectivity index (χ0) is 14.0. The Morgan fingerprint density at radius 1 is 1.42 bits per heavy atom. The van der Waals surface area contributed by atoms with E-state index in [1.54, 1.807) is 0 Å². The monoisotopic (exact) mass is 342 g/mol. The minimum absolute atomic E-state index is 0.129. The highest BCUT2D eigenvalue weighted by atomic mass is 79.9. The van der Waals surface area contributed by atoms with E-state index in [2.05, 4.69) is 41.2 Å². The highest BCUT2D eigenvalue weighted by Crippen LogP contribution is 2.25. The molecule has 5 heteroatoms. The van der Waals surface area contributed by atoms with Crippen LogP contribution in [0.25, 0.3) is 0 Å². The maximum absolute atomic E-state index is 12.5. The lowest BCUT2D eigenvalue weighted by Gasteiger charge is -2.23. The summed E-state index contributed by atoms with van der Waals surface area (Å²) in [7, 11) is 4.17. The molecule has 2 unspecified atom stereocenters. The Kier molecular flexibility index (Phi) is 4.92. The van der Waals surface area contributed by atoms with Gasteiger partial charge in [-0.15, -0.1) is 0 Å². The summed E-state index contributed by atoms with van der Waals surface area (Å²) in [4.78, 5) is 16.7. The van der Waals surface area contributed by atoms with E-state index in [0.29, 0.717) is 11.3 Å². The lowest BCUT2D eigenvalue weighted by Crippen LogP contribution is -2.37. The van der Waals surface area contributed by atoms with Gasteiger partial charge >= 0.3 is 0 Å². The molecule has 0 saturated carbocycles. The topological polar surface area (TPSA) is 23.6 Å². The fourth-order valence-electron chi connectivity index (χ4n) is 2.45. The van der Waals surface area contributed by atoms with Gasteiger partial charge in [0.25, 0.3) is 5.91 Å². The molecule has 0 bridgehead atoms. The average Bonchev–Trinajstić information content (AvgIpc) is 2.82. The van der Waals surface area contributed by atoms with Crippen molar-refractivity contribution in [1.29, 1.82) is 0 Å². The summed E-state index contributed by atoms with van der Waals surface area (Å²) in [5.41, 5.74) is 0.758. The molecule has 2 atom stereocenters. The molecule has 0 aliphatic carbocycles. The van der Waals surface area contributed by atoms with Gasteiger partial charge in [-0.25, -0.2) is 0 Å². The van der Waals surface area contributed by atoms with E-state index < -0.39 is 0 Å². The van der Waals surface area contributed by atoms with Gasteiger partial charge in [-0.1, -0.05) is 22.0 Å². The second-order valence-electron chi connectivity index (χ2n) is 5.03. The standard InChI is InChI=1S/C14H19BrN2OS/c1-16(2)12-8-17(9-13(12)19-3)14(18)10-5-4-6-11(15)7-10/h4-7,12-13H,8-9H2,1-3H3. The molecular weight excluding hydrogens is 324 g/mol.